The minimum Gasteiger partial charge on any atom is -0.383 e. The Balaban J connectivity index is 2.40. The normalized spacial score (nSPS) is 9.83. The molecule has 0 fully saturated rings. The molecule has 0 amide bonds. The second-order valence-corrected chi connectivity index (χ2v) is 4.15. The van der Waals surface area contributed by atoms with Crippen LogP contribution in [0.2, 0.25) is 0 Å². The predicted molar refractivity (Wildman–Crippen MR) is 68.5 cm³/mol. The number of anilines is 3. The minimum atomic E-state index is -0.606. The molecule has 90 valence electrons. The standard InChI is InChI=1S/C11H7BrFN5/c12-9-4-10(15)18-11(17-9)16-8-3-1-2-7(13)6(8)5-14/h1-4H,(H3,15,16,17,18). The van der Waals surface area contributed by atoms with Crippen molar-refractivity contribution in [2.45, 2.75) is 0 Å². The van der Waals surface area contributed by atoms with Gasteiger partial charge in [0.15, 0.2) is 0 Å². The third kappa shape index (κ3) is 2.55. The number of hydrogen-bond donors (Lipinski definition) is 2. The first-order chi connectivity index (χ1) is 8.60. The molecule has 0 unspecified atom stereocenters. The van der Waals surface area contributed by atoms with Gasteiger partial charge >= 0.3 is 0 Å². The molecule has 1 aromatic heterocycles. The highest BCUT2D eigenvalue weighted by Crippen LogP contribution is 2.22. The second-order valence-electron chi connectivity index (χ2n) is 3.34. The first-order valence-corrected chi connectivity index (χ1v) is 5.65. The van der Waals surface area contributed by atoms with E-state index < -0.39 is 5.82 Å². The summed E-state index contributed by atoms with van der Waals surface area (Å²) < 4.78 is 13.9. The molecule has 0 bridgehead atoms. The molecule has 1 aromatic carbocycles. The monoisotopic (exact) mass is 307 g/mol. The molecule has 7 heteroatoms. The van der Waals surface area contributed by atoms with Gasteiger partial charge in [-0.25, -0.2) is 9.37 Å². The fourth-order valence-corrected chi connectivity index (χ4v) is 1.76. The van der Waals surface area contributed by atoms with Gasteiger partial charge in [-0.15, -0.1) is 0 Å². The number of nitrogens with one attached hydrogen (secondary N) is 1. The minimum absolute atomic E-state index is 0.0975. The first kappa shape index (κ1) is 12.3. The molecule has 0 aliphatic carbocycles. The molecule has 0 aliphatic heterocycles. The van der Waals surface area contributed by atoms with Crippen molar-refractivity contribution in [1.82, 2.24) is 9.97 Å². The molecule has 3 N–H and O–H groups in total. The molecule has 18 heavy (non-hydrogen) atoms. The van der Waals surface area contributed by atoms with Gasteiger partial charge in [-0.05, 0) is 28.1 Å². The van der Waals surface area contributed by atoms with E-state index in [0.29, 0.717) is 4.60 Å². The highest BCUT2D eigenvalue weighted by molar-refractivity contribution is 9.10. The van der Waals surface area contributed by atoms with Gasteiger partial charge < -0.3 is 11.1 Å². The molecule has 2 rings (SSSR count). The van der Waals surface area contributed by atoms with Gasteiger partial charge in [-0.2, -0.15) is 10.2 Å². The molecule has 0 saturated heterocycles. The lowest BCUT2D eigenvalue weighted by atomic mass is 10.2. The summed E-state index contributed by atoms with van der Waals surface area (Å²) in [7, 11) is 0. The molecule has 1 heterocycles. The quantitative estimate of drug-likeness (QED) is 0.833. The smallest absolute Gasteiger partial charge is 0.230 e. The van der Waals surface area contributed by atoms with Gasteiger partial charge in [0.05, 0.1) is 5.69 Å². The maximum absolute atomic E-state index is 13.4. The van der Waals surface area contributed by atoms with Gasteiger partial charge in [-0.1, -0.05) is 6.07 Å². The molecule has 5 nitrogen and oxygen atoms in total. The Labute approximate surface area is 111 Å². The van der Waals surface area contributed by atoms with Gasteiger partial charge in [0.25, 0.3) is 0 Å². The number of hydrogen-bond acceptors (Lipinski definition) is 5. The van der Waals surface area contributed by atoms with E-state index in [1.165, 1.54) is 18.2 Å². The molecule has 0 atom stereocenters. The van der Waals surface area contributed by atoms with Gasteiger partial charge in [0.1, 0.15) is 27.9 Å². The Morgan fingerprint density at radius 2 is 2.17 bits per heavy atom. The van der Waals surface area contributed by atoms with Crippen LogP contribution < -0.4 is 11.1 Å². The number of halogens is 2. The van der Waals surface area contributed by atoms with Crippen LogP contribution in [0.4, 0.5) is 21.8 Å². The Hall–Kier alpha value is -2.20. The van der Waals surface area contributed by atoms with E-state index in [0.717, 1.165) is 0 Å². The van der Waals surface area contributed by atoms with Gasteiger partial charge in [-0.3, -0.25) is 0 Å². The van der Waals surface area contributed by atoms with Crippen LogP contribution >= 0.6 is 15.9 Å². The van der Waals surface area contributed by atoms with Crippen LogP contribution in [0, 0.1) is 17.1 Å². The molecule has 2 aromatic rings. The van der Waals surface area contributed by atoms with E-state index in [1.807, 2.05) is 0 Å². The van der Waals surface area contributed by atoms with Crippen LogP contribution in [-0.4, -0.2) is 9.97 Å². The van der Waals surface area contributed by atoms with Crippen molar-refractivity contribution >= 4 is 33.4 Å². The lowest BCUT2D eigenvalue weighted by molar-refractivity contribution is 0.624. The number of nitrogen functional groups attached to an aromatic ring is 1. The zero-order chi connectivity index (χ0) is 13.1. The number of benzene rings is 1. The van der Waals surface area contributed by atoms with E-state index in [-0.39, 0.29) is 23.0 Å². The van der Waals surface area contributed by atoms with Crippen molar-refractivity contribution in [3.8, 4) is 6.07 Å². The summed E-state index contributed by atoms with van der Waals surface area (Å²) in [6.07, 6.45) is 0. The molecular formula is C11H7BrFN5. The summed E-state index contributed by atoms with van der Waals surface area (Å²) in [5.41, 5.74) is 5.74. The van der Waals surface area contributed by atoms with Crippen molar-refractivity contribution in [2.75, 3.05) is 11.1 Å². The first-order valence-electron chi connectivity index (χ1n) is 4.86. The summed E-state index contributed by atoms with van der Waals surface area (Å²) in [5, 5.41) is 11.6. The number of rotatable bonds is 2. The summed E-state index contributed by atoms with van der Waals surface area (Å²) in [5.74, 6) is -0.163. The lowest BCUT2D eigenvalue weighted by Crippen LogP contribution is -2.02. The van der Waals surface area contributed by atoms with Crippen molar-refractivity contribution in [3.63, 3.8) is 0 Å². The zero-order valence-corrected chi connectivity index (χ0v) is 10.6. The van der Waals surface area contributed by atoms with Crippen molar-refractivity contribution in [1.29, 1.82) is 5.26 Å². The third-order valence-corrected chi connectivity index (χ3v) is 2.49. The Morgan fingerprint density at radius 1 is 1.39 bits per heavy atom. The van der Waals surface area contributed by atoms with Crippen LogP contribution in [0.1, 0.15) is 5.56 Å². The van der Waals surface area contributed by atoms with Crippen LogP contribution in [0.3, 0.4) is 0 Å². The molecular weight excluding hydrogens is 301 g/mol. The predicted octanol–water partition coefficient (Wildman–Crippen LogP) is 2.58. The molecule has 0 radical (unpaired) electrons. The third-order valence-electron chi connectivity index (χ3n) is 2.09. The fourth-order valence-electron chi connectivity index (χ4n) is 1.35. The average Bonchev–Trinajstić information content (AvgIpc) is 2.27. The van der Waals surface area contributed by atoms with Crippen LogP contribution in [0.15, 0.2) is 28.9 Å². The van der Waals surface area contributed by atoms with Crippen molar-refractivity contribution in [3.05, 3.63) is 40.2 Å². The van der Waals surface area contributed by atoms with Gasteiger partial charge in [0, 0.05) is 6.07 Å². The van der Waals surface area contributed by atoms with E-state index in [9.17, 15) is 4.39 Å². The summed E-state index contributed by atoms with van der Waals surface area (Å²) in [6, 6.07) is 7.56. The fraction of sp³-hybridized carbons (Fsp3) is 0. The van der Waals surface area contributed by atoms with E-state index in [4.69, 9.17) is 11.0 Å². The number of nitriles is 1. The highest BCUT2D eigenvalue weighted by atomic mass is 79.9. The van der Waals surface area contributed by atoms with Gasteiger partial charge in [0.2, 0.25) is 5.95 Å². The maximum atomic E-state index is 13.4. The Kier molecular flexibility index (Phi) is 3.39. The van der Waals surface area contributed by atoms with Crippen LogP contribution in [-0.2, 0) is 0 Å². The highest BCUT2D eigenvalue weighted by Gasteiger charge is 2.09. The van der Waals surface area contributed by atoms with Crippen LogP contribution in [0.5, 0.6) is 0 Å². The summed E-state index contributed by atoms with van der Waals surface area (Å²) >= 11 is 3.17. The van der Waals surface area contributed by atoms with Crippen LogP contribution in [0.25, 0.3) is 0 Å². The molecule has 0 spiro atoms. The largest absolute Gasteiger partial charge is 0.383 e. The molecule has 0 aliphatic rings. The Bertz CT molecular complexity index is 618. The van der Waals surface area contributed by atoms with E-state index in [2.05, 4.69) is 31.2 Å². The van der Waals surface area contributed by atoms with Crippen molar-refractivity contribution < 1.29 is 4.39 Å². The number of nitrogens with two attached hydrogens (primary N) is 1. The zero-order valence-electron chi connectivity index (χ0n) is 8.98. The topological polar surface area (TPSA) is 87.6 Å². The lowest BCUT2D eigenvalue weighted by Gasteiger charge is -2.07. The van der Waals surface area contributed by atoms with E-state index in [1.54, 1.807) is 12.1 Å². The average molecular weight is 308 g/mol. The second kappa shape index (κ2) is 4.98. The molecule has 0 saturated carbocycles. The number of aromatic nitrogens is 2. The van der Waals surface area contributed by atoms with Crippen molar-refractivity contribution in [2.24, 2.45) is 0 Å². The van der Waals surface area contributed by atoms with E-state index >= 15 is 0 Å². The SMILES string of the molecule is N#Cc1c(F)cccc1Nc1nc(N)cc(Br)n1. The summed E-state index contributed by atoms with van der Waals surface area (Å²) in [6.45, 7) is 0. The number of nitrogens with zero attached hydrogens (tertiary/aromatic N) is 3. The maximum Gasteiger partial charge on any atom is 0.230 e. The Morgan fingerprint density at radius 3 is 2.83 bits per heavy atom. The summed E-state index contributed by atoms with van der Waals surface area (Å²) in [4.78, 5) is 7.95.